The summed E-state index contributed by atoms with van der Waals surface area (Å²) < 4.78 is 18.3. The van der Waals surface area contributed by atoms with Gasteiger partial charge in [0.25, 0.3) is 5.91 Å². The Hall–Kier alpha value is -3.68. The van der Waals surface area contributed by atoms with Gasteiger partial charge in [-0.2, -0.15) is 0 Å². The number of carbonyl (C=O) groups excluding carboxylic acids is 2. The van der Waals surface area contributed by atoms with E-state index in [1.807, 2.05) is 0 Å². The largest absolute Gasteiger partial charge is 0.495 e. The Balaban J connectivity index is 2.35. The predicted molar refractivity (Wildman–Crippen MR) is 101 cm³/mol. The minimum absolute atomic E-state index is 0.00164. The van der Waals surface area contributed by atoms with Crippen LogP contribution >= 0.6 is 0 Å². The second-order valence-corrected chi connectivity index (χ2v) is 5.56. The van der Waals surface area contributed by atoms with Crippen molar-refractivity contribution in [1.82, 2.24) is 5.32 Å². The van der Waals surface area contributed by atoms with Crippen LogP contribution in [0.2, 0.25) is 0 Å². The highest BCUT2D eigenvalue weighted by atomic mass is 19.1. The van der Waals surface area contributed by atoms with Crippen molar-refractivity contribution in [3.8, 4) is 5.75 Å². The lowest BCUT2D eigenvalue weighted by Gasteiger charge is -2.15. The number of hydrogen-bond donors (Lipinski definition) is 4. The van der Waals surface area contributed by atoms with Crippen molar-refractivity contribution in [3.05, 3.63) is 65.0 Å². The molecule has 2 aromatic carbocycles. The number of hydrogen-bond acceptors (Lipinski definition) is 5. The molecule has 2 aromatic rings. The number of allylic oxidation sites excluding steroid dienone is 1. The maximum Gasteiger partial charge on any atom is 0.255 e. The molecular formula is C19H19FN4O3. The van der Waals surface area contributed by atoms with Crippen molar-refractivity contribution in [2.75, 3.05) is 19.4 Å². The number of rotatable bonds is 7. The van der Waals surface area contributed by atoms with Gasteiger partial charge in [0.2, 0.25) is 5.91 Å². The monoisotopic (exact) mass is 370 g/mol. The Bertz CT molecular complexity index is 908. The fourth-order valence-corrected chi connectivity index (χ4v) is 2.37. The number of benzene rings is 2. The molecule has 0 atom stereocenters. The number of amides is 2. The van der Waals surface area contributed by atoms with E-state index in [2.05, 4.69) is 5.32 Å². The van der Waals surface area contributed by atoms with E-state index in [1.165, 1.54) is 37.5 Å². The minimum Gasteiger partial charge on any atom is -0.495 e. The van der Waals surface area contributed by atoms with E-state index in [4.69, 9.17) is 21.6 Å². The van der Waals surface area contributed by atoms with Gasteiger partial charge in [-0.15, -0.1) is 0 Å². The normalized spacial score (nSPS) is 10.6. The van der Waals surface area contributed by atoms with Gasteiger partial charge in [-0.05, 0) is 35.9 Å². The summed E-state index contributed by atoms with van der Waals surface area (Å²) in [5.41, 5.74) is 12.3. The highest BCUT2D eigenvalue weighted by Crippen LogP contribution is 2.30. The third-order valence-corrected chi connectivity index (χ3v) is 3.64. The number of carbonyl (C=O) groups is 2. The van der Waals surface area contributed by atoms with Gasteiger partial charge in [-0.25, -0.2) is 4.39 Å². The van der Waals surface area contributed by atoms with E-state index in [0.29, 0.717) is 5.56 Å². The summed E-state index contributed by atoms with van der Waals surface area (Å²) in [6.07, 6.45) is 3.08. The third kappa shape index (κ3) is 4.91. The van der Waals surface area contributed by atoms with Crippen molar-refractivity contribution in [2.45, 2.75) is 0 Å². The first-order chi connectivity index (χ1) is 12.8. The van der Waals surface area contributed by atoms with Crippen LogP contribution in [0.5, 0.6) is 5.75 Å². The fourth-order valence-electron chi connectivity index (χ4n) is 2.37. The molecule has 6 N–H and O–H groups in total. The molecule has 2 amide bonds. The lowest BCUT2D eigenvalue weighted by molar-refractivity contribution is -0.117. The van der Waals surface area contributed by atoms with Gasteiger partial charge in [0.15, 0.2) is 0 Å². The number of primary amides is 1. The van der Waals surface area contributed by atoms with Gasteiger partial charge in [-0.1, -0.05) is 18.2 Å². The van der Waals surface area contributed by atoms with Gasteiger partial charge < -0.3 is 26.9 Å². The summed E-state index contributed by atoms with van der Waals surface area (Å²) in [5, 5.41) is 10.7. The van der Waals surface area contributed by atoms with Crippen molar-refractivity contribution in [3.63, 3.8) is 0 Å². The van der Waals surface area contributed by atoms with Crippen LogP contribution in [0.25, 0.3) is 6.08 Å². The van der Waals surface area contributed by atoms with Gasteiger partial charge in [-0.3, -0.25) is 9.59 Å². The van der Waals surface area contributed by atoms with E-state index in [-0.39, 0.29) is 40.6 Å². The van der Waals surface area contributed by atoms with E-state index in [1.54, 1.807) is 18.2 Å². The molecule has 0 fully saturated rings. The highest BCUT2D eigenvalue weighted by Gasteiger charge is 2.20. The number of halogens is 1. The fraction of sp³-hybridized carbons (Fsp3) is 0.105. The molecule has 0 radical (unpaired) electrons. The standard InChI is InChI=1S/C19H19FN4O3/c1-27-18-13(19(26)24-10-16(23)25)7-9-15(22)17(18)14(21)8-4-11-2-5-12(20)6-3-11/h2-9,21H,10,22H2,1H3,(H2,23,25)(H,24,26)/b8-4+,21-14?. The first kappa shape index (κ1) is 19.6. The minimum atomic E-state index is -0.687. The first-order valence-electron chi connectivity index (χ1n) is 7.89. The van der Waals surface area contributed by atoms with Crippen molar-refractivity contribution >= 4 is 29.3 Å². The Kier molecular flexibility index (Phi) is 6.27. The number of nitrogens with two attached hydrogens (primary N) is 2. The van der Waals surface area contributed by atoms with Gasteiger partial charge in [0, 0.05) is 5.69 Å². The Morgan fingerprint density at radius 1 is 1.22 bits per heavy atom. The molecule has 0 bridgehead atoms. The number of nitrogen functional groups attached to an aromatic ring is 1. The average Bonchev–Trinajstić information content (AvgIpc) is 2.64. The van der Waals surface area contributed by atoms with Gasteiger partial charge in [0.1, 0.15) is 11.6 Å². The number of ether oxygens (including phenoxy) is 1. The maximum atomic E-state index is 13.0. The second kappa shape index (κ2) is 8.61. The van der Waals surface area contributed by atoms with Crippen molar-refractivity contribution in [1.29, 1.82) is 5.41 Å². The molecule has 7 nitrogen and oxygen atoms in total. The Morgan fingerprint density at radius 3 is 2.48 bits per heavy atom. The smallest absolute Gasteiger partial charge is 0.255 e. The molecule has 0 heterocycles. The molecule has 0 aliphatic carbocycles. The van der Waals surface area contributed by atoms with Crippen LogP contribution in [0.15, 0.2) is 42.5 Å². The average molecular weight is 370 g/mol. The summed E-state index contributed by atoms with van der Waals surface area (Å²) in [7, 11) is 1.35. The Labute approximate surface area is 155 Å². The summed E-state index contributed by atoms with van der Waals surface area (Å²) in [4.78, 5) is 23.1. The zero-order valence-corrected chi connectivity index (χ0v) is 14.6. The van der Waals surface area contributed by atoms with Gasteiger partial charge in [0.05, 0.1) is 30.5 Å². The van der Waals surface area contributed by atoms with Crippen molar-refractivity contribution in [2.24, 2.45) is 5.73 Å². The van der Waals surface area contributed by atoms with Crippen LogP contribution < -0.4 is 21.5 Å². The van der Waals surface area contributed by atoms with Crippen LogP contribution in [0.4, 0.5) is 10.1 Å². The zero-order valence-electron chi connectivity index (χ0n) is 14.6. The molecule has 0 unspecified atom stereocenters. The summed E-state index contributed by atoms with van der Waals surface area (Å²) in [6, 6.07) is 8.65. The van der Waals surface area contributed by atoms with E-state index >= 15 is 0 Å². The van der Waals surface area contributed by atoms with Crippen LogP contribution in [-0.2, 0) is 4.79 Å². The summed E-state index contributed by atoms with van der Waals surface area (Å²) >= 11 is 0. The molecule has 0 aromatic heterocycles. The second-order valence-electron chi connectivity index (χ2n) is 5.56. The molecule has 27 heavy (non-hydrogen) atoms. The SMILES string of the molecule is COc1c(C(=O)NCC(N)=O)ccc(N)c1C(=N)/C=C/c1ccc(F)cc1. The molecule has 0 aliphatic rings. The molecule has 8 heteroatoms. The third-order valence-electron chi connectivity index (χ3n) is 3.64. The van der Waals surface area contributed by atoms with Crippen LogP contribution in [0.1, 0.15) is 21.5 Å². The zero-order chi connectivity index (χ0) is 20.0. The van der Waals surface area contributed by atoms with E-state index in [9.17, 15) is 14.0 Å². The Morgan fingerprint density at radius 2 is 1.89 bits per heavy atom. The molecule has 0 aliphatic heterocycles. The highest BCUT2D eigenvalue weighted by molar-refractivity contribution is 6.15. The number of methoxy groups -OCH3 is 1. The summed E-state index contributed by atoms with van der Waals surface area (Å²) in [6.45, 7) is -0.330. The quantitative estimate of drug-likeness (QED) is 0.436. The molecule has 0 spiro atoms. The predicted octanol–water partition coefficient (Wildman–Crippen LogP) is 1.71. The maximum absolute atomic E-state index is 13.0. The summed E-state index contributed by atoms with van der Waals surface area (Å²) in [5.74, 6) is -1.52. The van der Waals surface area contributed by atoms with E-state index in [0.717, 1.165) is 0 Å². The molecular weight excluding hydrogens is 351 g/mol. The lowest BCUT2D eigenvalue weighted by Crippen LogP contribution is -2.33. The molecule has 2 rings (SSSR count). The van der Waals surface area contributed by atoms with Crippen molar-refractivity contribution < 1.29 is 18.7 Å². The first-order valence-corrected chi connectivity index (χ1v) is 7.89. The van der Waals surface area contributed by atoms with Crippen LogP contribution in [-0.4, -0.2) is 31.2 Å². The van der Waals surface area contributed by atoms with Crippen LogP contribution in [0.3, 0.4) is 0 Å². The lowest BCUT2D eigenvalue weighted by atomic mass is 10.0. The number of anilines is 1. The molecule has 0 saturated heterocycles. The number of nitrogens with one attached hydrogen (secondary N) is 2. The molecule has 140 valence electrons. The molecule has 0 saturated carbocycles. The van der Waals surface area contributed by atoms with Gasteiger partial charge >= 0.3 is 0 Å². The van der Waals surface area contributed by atoms with Crippen LogP contribution in [0, 0.1) is 11.2 Å². The topological polar surface area (TPSA) is 131 Å². The van der Waals surface area contributed by atoms with E-state index < -0.39 is 11.8 Å².